The molecular formula is C20H30F3IN6S. The molecule has 0 aliphatic carbocycles. The lowest BCUT2D eigenvalue weighted by Gasteiger charge is -2.23. The van der Waals surface area contributed by atoms with Gasteiger partial charge in [-0.3, -0.25) is 4.99 Å². The number of hydrogen-bond acceptors (Lipinski definition) is 4. The maximum absolute atomic E-state index is 12.8. The molecular weight excluding hydrogens is 540 g/mol. The first kappa shape index (κ1) is 27.5. The Hall–Kier alpha value is -1.50. The van der Waals surface area contributed by atoms with Gasteiger partial charge in [0, 0.05) is 39.6 Å². The normalized spacial score (nSPS) is 11.9. The zero-order valence-electron chi connectivity index (χ0n) is 18.0. The number of thioether (sulfide) groups is 1. The van der Waals surface area contributed by atoms with Gasteiger partial charge in [0.25, 0.3) is 0 Å². The van der Waals surface area contributed by atoms with Crippen molar-refractivity contribution in [3.05, 3.63) is 47.5 Å². The van der Waals surface area contributed by atoms with E-state index < -0.39 is 11.7 Å². The summed E-state index contributed by atoms with van der Waals surface area (Å²) in [7, 11) is 1.88. The predicted molar refractivity (Wildman–Crippen MR) is 131 cm³/mol. The molecule has 0 saturated heterocycles. The Morgan fingerprint density at radius 2 is 1.97 bits per heavy atom. The van der Waals surface area contributed by atoms with E-state index in [-0.39, 0.29) is 24.0 Å². The molecule has 0 fully saturated rings. The van der Waals surface area contributed by atoms with E-state index in [9.17, 15) is 13.2 Å². The number of nitrogens with zero attached hydrogens (tertiary/aromatic N) is 5. The summed E-state index contributed by atoms with van der Waals surface area (Å²) in [6.07, 6.45) is 1.22. The van der Waals surface area contributed by atoms with Gasteiger partial charge in [-0.25, -0.2) is 0 Å². The Bertz CT molecular complexity index is 795. The second-order valence-electron chi connectivity index (χ2n) is 6.82. The van der Waals surface area contributed by atoms with Gasteiger partial charge in [0.05, 0.1) is 5.56 Å². The SMILES string of the molecule is CCc1nncn1CCNC(=NCCCSC)N(C)Cc1ccc(C(F)(F)F)cc1.I. The quantitative estimate of drug-likeness (QED) is 0.200. The molecule has 1 aromatic heterocycles. The van der Waals surface area contributed by atoms with Crippen LogP contribution in [-0.4, -0.2) is 57.8 Å². The largest absolute Gasteiger partial charge is 0.416 e. The minimum Gasteiger partial charge on any atom is -0.354 e. The predicted octanol–water partition coefficient (Wildman–Crippen LogP) is 4.31. The van der Waals surface area contributed by atoms with Crippen LogP contribution in [0, 0.1) is 0 Å². The Labute approximate surface area is 203 Å². The summed E-state index contributed by atoms with van der Waals surface area (Å²) >= 11 is 1.78. The topological polar surface area (TPSA) is 58.3 Å². The molecule has 0 bridgehead atoms. The number of nitrogens with one attached hydrogen (secondary N) is 1. The molecule has 2 aromatic rings. The van der Waals surface area contributed by atoms with Gasteiger partial charge in [0.2, 0.25) is 0 Å². The third-order valence-corrected chi connectivity index (χ3v) is 5.18. The number of benzene rings is 1. The zero-order valence-corrected chi connectivity index (χ0v) is 21.2. The van der Waals surface area contributed by atoms with Crippen LogP contribution in [0.15, 0.2) is 35.6 Å². The Morgan fingerprint density at radius 3 is 2.58 bits per heavy atom. The first-order valence-corrected chi connectivity index (χ1v) is 11.3. The monoisotopic (exact) mass is 570 g/mol. The summed E-state index contributed by atoms with van der Waals surface area (Å²) in [6.45, 7) is 4.52. The van der Waals surface area contributed by atoms with Crippen molar-refractivity contribution in [2.24, 2.45) is 4.99 Å². The van der Waals surface area contributed by atoms with Gasteiger partial charge in [-0.1, -0.05) is 19.1 Å². The van der Waals surface area contributed by atoms with Crippen molar-refractivity contribution in [1.82, 2.24) is 25.0 Å². The van der Waals surface area contributed by atoms with Gasteiger partial charge >= 0.3 is 6.18 Å². The van der Waals surface area contributed by atoms with E-state index >= 15 is 0 Å². The van der Waals surface area contributed by atoms with Gasteiger partial charge in [-0.2, -0.15) is 24.9 Å². The van der Waals surface area contributed by atoms with Crippen LogP contribution in [0.1, 0.15) is 30.3 Å². The van der Waals surface area contributed by atoms with E-state index in [0.717, 1.165) is 48.1 Å². The molecule has 6 nitrogen and oxygen atoms in total. The van der Waals surface area contributed by atoms with Crippen LogP contribution < -0.4 is 5.32 Å². The highest BCUT2D eigenvalue weighted by Gasteiger charge is 2.29. The van der Waals surface area contributed by atoms with E-state index in [1.165, 1.54) is 12.1 Å². The van der Waals surface area contributed by atoms with Gasteiger partial charge < -0.3 is 14.8 Å². The lowest BCUT2D eigenvalue weighted by Crippen LogP contribution is -2.40. The maximum atomic E-state index is 12.8. The number of halogens is 4. The first-order chi connectivity index (χ1) is 14.3. The molecule has 0 unspecified atom stereocenters. The maximum Gasteiger partial charge on any atom is 0.416 e. The van der Waals surface area contributed by atoms with E-state index in [4.69, 9.17) is 0 Å². The molecule has 0 atom stereocenters. The first-order valence-electron chi connectivity index (χ1n) is 9.86. The summed E-state index contributed by atoms with van der Waals surface area (Å²) in [5, 5.41) is 11.4. The van der Waals surface area contributed by atoms with Crippen LogP contribution in [0.5, 0.6) is 0 Å². The standard InChI is InChI=1S/C20H29F3N6S.HI/c1-4-18-27-26-15-29(18)12-11-25-19(24-10-5-13-30-3)28(2)14-16-6-8-17(9-7-16)20(21,22)23;/h6-9,15H,4-5,10-14H2,1-3H3,(H,24,25);1H. The molecule has 1 N–H and O–H groups in total. The van der Waals surface area contributed by atoms with E-state index in [2.05, 4.69) is 26.8 Å². The zero-order chi connectivity index (χ0) is 22.0. The molecule has 31 heavy (non-hydrogen) atoms. The van der Waals surface area contributed by atoms with Crippen molar-refractivity contribution < 1.29 is 13.2 Å². The highest BCUT2D eigenvalue weighted by atomic mass is 127. The third-order valence-electron chi connectivity index (χ3n) is 4.48. The molecule has 1 heterocycles. The molecule has 0 radical (unpaired) electrons. The molecule has 2 rings (SSSR count). The number of aryl methyl sites for hydroxylation is 1. The van der Waals surface area contributed by atoms with Crippen molar-refractivity contribution in [3.63, 3.8) is 0 Å². The van der Waals surface area contributed by atoms with Crippen LogP contribution in [0.4, 0.5) is 13.2 Å². The highest BCUT2D eigenvalue weighted by Crippen LogP contribution is 2.29. The minimum atomic E-state index is -4.32. The van der Waals surface area contributed by atoms with E-state index in [1.54, 1.807) is 18.1 Å². The number of guanidine groups is 1. The van der Waals surface area contributed by atoms with Gasteiger partial charge in [0.15, 0.2) is 5.96 Å². The molecule has 0 aliphatic heterocycles. The molecule has 0 aliphatic rings. The second-order valence-corrected chi connectivity index (χ2v) is 7.81. The van der Waals surface area contributed by atoms with Crippen LogP contribution in [0.3, 0.4) is 0 Å². The summed E-state index contributed by atoms with van der Waals surface area (Å²) in [5.41, 5.74) is 0.148. The summed E-state index contributed by atoms with van der Waals surface area (Å²) in [5.74, 6) is 2.68. The third kappa shape index (κ3) is 9.26. The fourth-order valence-electron chi connectivity index (χ4n) is 2.88. The number of alkyl halides is 3. The van der Waals surface area contributed by atoms with Crippen molar-refractivity contribution in [2.75, 3.05) is 32.1 Å². The molecule has 1 aromatic carbocycles. The lowest BCUT2D eigenvalue weighted by molar-refractivity contribution is -0.137. The summed E-state index contributed by atoms with van der Waals surface area (Å²) < 4.78 is 40.3. The Balaban J connectivity index is 0.00000480. The van der Waals surface area contributed by atoms with E-state index in [1.807, 2.05) is 23.4 Å². The molecule has 0 saturated carbocycles. The fourth-order valence-corrected chi connectivity index (χ4v) is 3.30. The van der Waals surface area contributed by atoms with Crippen LogP contribution in [0.2, 0.25) is 0 Å². The van der Waals surface area contributed by atoms with Crippen LogP contribution in [-0.2, 0) is 25.7 Å². The van der Waals surface area contributed by atoms with Crippen molar-refractivity contribution in [3.8, 4) is 0 Å². The number of rotatable bonds is 10. The van der Waals surface area contributed by atoms with Gasteiger partial charge in [0.1, 0.15) is 12.2 Å². The highest BCUT2D eigenvalue weighted by molar-refractivity contribution is 14.0. The Kier molecular flexibility index (Phi) is 12.3. The fraction of sp³-hybridized carbons (Fsp3) is 0.550. The number of hydrogen-bond donors (Lipinski definition) is 1. The molecule has 0 amide bonds. The van der Waals surface area contributed by atoms with Gasteiger partial charge in [-0.05, 0) is 36.1 Å². The average molecular weight is 570 g/mol. The smallest absolute Gasteiger partial charge is 0.354 e. The number of aliphatic imine (C=N–C) groups is 1. The molecule has 0 spiro atoms. The van der Waals surface area contributed by atoms with Crippen LogP contribution in [0.25, 0.3) is 0 Å². The number of aromatic nitrogens is 3. The van der Waals surface area contributed by atoms with E-state index in [0.29, 0.717) is 26.2 Å². The van der Waals surface area contributed by atoms with Gasteiger partial charge in [-0.15, -0.1) is 34.2 Å². The molecule has 174 valence electrons. The average Bonchev–Trinajstić information content (AvgIpc) is 3.17. The van der Waals surface area contributed by atoms with Crippen molar-refractivity contribution in [1.29, 1.82) is 0 Å². The molecule has 11 heteroatoms. The summed E-state index contributed by atoms with van der Waals surface area (Å²) in [6, 6.07) is 5.25. The van der Waals surface area contributed by atoms with Crippen LogP contribution >= 0.6 is 35.7 Å². The second kappa shape index (κ2) is 13.8. The van der Waals surface area contributed by atoms with Crippen molar-refractivity contribution >= 4 is 41.7 Å². The minimum absolute atomic E-state index is 0. The Morgan fingerprint density at radius 1 is 1.26 bits per heavy atom. The summed E-state index contributed by atoms with van der Waals surface area (Å²) in [4.78, 5) is 6.60. The lowest BCUT2D eigenvalue weighted by atomic mass is 10.1. The van der Waals surface area contributed by atoms with Crippen molar-refractivity contribution in [2.45, 2.75) is 39.0 Å².